The standard InChI is InChI=1S/C13H17N5O/c1-9-3-4-12(10(2)5-9)15-6-11-7-18(17-16-11)8-13(14)19/h3-5,7,15H,6,8H2,1-2H3,(H2,14,19). The highest BCUT2D eigenvalue weighted by atomic mass is 16.1. The third kappa shape index (κ3) is 3.54. The Morgan fingerprint density at radius 1 is 1.42 bits per heavy atom. The topological polar surface area (TPSA) is 85.8 Å². The zero-order chi connectivity index (χ0) is 13.8. The quantitative estimate of drug-likeness (QED) is 0.838. The lowest BCUT2D eigenvalue weighted by atomic mass is 10.1. The number of nitrogens with one attached hydrogen (secondary N) is 1. The zero-order valence-corrected chi connectivity index (χ0v) is 11.1. The van der Waals surface area contributed by atoms with Crippen molar-refractivity contribution >= 4 is 11.6 Å². The number of benzene rings is 1. The Labute approximate surface area is 111 Å². The molecule has 0 radical (unpaired) electrons. The van der Waals surface area contributed by atoms with Crippen molar-refractivity contribution in [2.75, 3.05) is 5.32 Å². The number of amides is 1. The van der Waals surface area contributed by atoms with Crippen molar-refractivity contribution in [1.29, 1.82) is 0 Å². The first-order valence-electron chi connectivity index (χ1n) is 6.03. The van der Waals surface area contributed by atoms with Gasteiger partial charge < -0.3 is 11.1 Å². The molecule has 3 N–H and O–H groups in total. The Bertz CT molecular complexity index is 590. The molecule has 0 unspecified atom stereocenters. The van der Waals surface area contributed by atoms with Gasteiger partial charge in [0.05, 0.1) is 12.7 Å². The van der Waals surface area contributed by atoms with Gasteiger partial charge in [-0.3, -0.25) is 4.79 Å². The lowest BCUT2D eigenvalue weighted by molar-refractivity contribution is -0.118. The molecule has 1 aromatic heterocycles. The van der Waals surface area contributed by atoms with Gasteiger partial charge in [0.2, 0.25) is 5.91 Å². The van der Waals surface area contributed by atoms with Crippen molar-refractivity contribution < 1.29 is 4.79 Å². The lowest BCUT2D eigenvalue weighted by Crippen LogP contribution is -2.18. The molecule has 0 saturated heterocycles. The Balaban J connectivity index is 1.98. The number of hydrogen-bond acceptors (Lipinski definition) is 4. The number of primary amides is 1. The molecule has 0 saturated carbocycles. The van der Waals surface area contributed by atoms with Crippen LogP contribution in [0.1, 0.15) is 16.8 Å². The number of carbonyl (C=O) groups excluding carboxylic acids is 1. The van der Waals surface area contributed by atoms with E-state index in [0.29, 0.717) is 6.54 Å². The molecule has 6 heteroatoms. The van der Waals surface area contributed by atoms with Crippen LogP contribution in [0.4, 0.5) is 5.69 Å². The fourth-order valence-corrected chi connectivity index (χ4v) is 1.85. The van der Waals surface area contributed by atoms with Gasteiger partial charge in [0, 0.05) is 5.69 Å². The maximum absolute atomic E-state index is 10.8. The highest BCUT2D eigenvalue weighted by Gasteiger charge is 2.04. The smallest absolute Gasteiger partial charge is 0.239 e. The predicted octanol–water partition coefficient (Wildman–Crippen LogP) is 0.992. The maximum Gasteiger partial charge on any atom is 0.239 e. The number of aromatic nitrogens is 3. The molecule has 0 bridgehead atoms. The second-order valence-electron chi connectivity index (χ2n) is 4.55. The fraction of sp³-hybridized carbons (Fsp3) is 0.308. The van der Waals surface area contributed by atoms with Gasteiger partial charge in [0.25, 0.3) is 0 Å². The van der Waals surface area contributed by atoms with Gasteiger partial charge >= 0.3 is 0 Å². The van der Waals surface area contributed by atoms with E-state index in [4.69, 9.17) is 5.73 Å². The Morgan fingerprint density at radius 2 is 2.21 bits per heavy atom. The third-order valence-electron chi connectivity index (χ3n) is 2.75. The number of aryl methyl sites for hydroxylation is 2. The molecule has 2 rings (SSSR count). The average molecular weight is 259 g/mol. The van der Waals surface area contributed by atoms with E-state index in [1.807, 2.05) is 6.07 Å². The molecule has 2 aromatic rings. The van der Waals surface area contributed by atoms with E-state index in [9.17, 15) is 4.79 Å². The summed E-state index contributed by atoms with van der Waals surface area (Å²) in [5, 5.41) is 11.1. The van der Waals surface area contributed by atoms with Crippen LogP contribution in [0.3, 0.4) is 0 Å². The Hall–Kier alpha value is -2.37. The number of carbonyl (C=O) groups is 1. The van der Waals surface area contributed by atoms with Gasteiger partial charge in [0.15, 0.2) is 0 Å². The van der Waals surface area contributed by atoms with Gasteiger partial charge in [0.1, 0.15) is 12.2 Å². The maximum atomic E-state index is 10.8. The molecule has 0 atom stereocenters. The minimum absolute atomic E-state index is 0.0521. The summed E-state index contributed by atoms with van der Waals surface area (Å²) in [5.41, 5.74) is 9.34. The van der Waals surface area contributed by atoms with Crippen molar-refractivity contribution in [3.05, 3.63) is 41.2 Å². The molecule has 100 valence electrons. The first kappa shape index (κ1) is 13.1. The molecule has 0 spiro atoms. The predicted molar refractivity (Wildman–Crippen MR) is 72.5 cm³/mol. The third-order valence-corrected chi connectivity index (χ3v) is 2.75. The molecule has 0 aliphatic carbocycles. The second kappa shape index (κ2) is 5.51. The Kier molecular flexibility index (Phi) is 3.79. The van der Waals surface area contributed by atoms with Crippen molar-refractivity contribution in [2.24, 2.45) is 5.73 Å². The van der Waals surface area contributed by atoms with Crippen LogP contribution in [-0.2, 0) is 17.9 Å². The first-order valence-corrected chi connectivity index (χ1v) is 6.03. The largest absolute Gasteiger partial charge is 0.379 e. The van der Waals surface area contributed by atoms with E-state index in [1.165, 1.54) is 15.8 Å². The van der Waals surface area contributed by atoms with Crippen LogP contribution in [0.5, 0.6) is 0 Å². The molecule has 0 aliphatic rings. The number of rotatable bonds is 5. The number of anilines is 1. The van der Waals surface area contributed by atoms with Gasteiger partial charge in [-0.1, -0.05) is 22.9 Å². The van der Waals surface area contributed by atoms with Gasteiger partial charge in [-0.25, -0.2) is 4.68 Å². The number of nitrogens with two attached hydrogens (primary N) is 1. The summed E-state index contributed by atoms with van der Waals surface area (Å²) in [4.78, 5) is 10.8. The van der Waals surface area contributed by atoms with Crippen molar-refractivity contribution in [1.82, 2.24) is 15.0 Å². The average Bonchev–Trinajstić information content (AvgIpc) is 2.74. The molecule has 6 nitrogen and oxygen atoms in total. The molecule has 0 fully saturated rings. The van der Waals surface area contributed by atoms with Crippen LogP contribution < -0.4 is 11.1 Å². The molecule has 1 amide bonds. The van der Waals surface area contributed by atoms with Gasteiger partial charge in [-0.2, -0.15) is 0 Å². The summed E-state index contributed by atoms with van der Waals surface area (Å²) in [7, 11) is 0. The molecule has 19 heavy (non-hydrogen) atoms. The van der Waals surface area contributed by atoms with Gasteiger partial charge in [-0.15, -0.1) is 5.10 Å². The van der Waals surface area contributed by atoms with Crippen LogP contribution >= 0.6 is 0 Å². The van der Waals surface area contributed by atoms with Crippen LogP contribution in [0.25, 0.3) is 0 Å². The summed E-state index contributed by atoms with van der Waals surface area (Å²) < 4.78 is 1.43. The van der Waals surface area contributed by atoms with Gasteiger partial charge in [-0.05, 0) is 25.5 Å². The summed E-state index contributed by atoms with van der Waals surface area (Å²) in [6, 6.07) is 6.21. The van der Waals surface area contributed by atoms with E-state index in [1.54, 1.807) is 6.20 Å². The van der Waals surface area contributed by atoms with Crippen LogP contribution in [0, 0.1) is 13.8 Å². The van der Waals surface area contributed by atoms with Crippen molar-refractivity contribution in [3.63, 3.8) is 0 Å². The molecule has 1 heterocycles. The minimum Gasteiger partial charge on any atom is -0.379 e. The van der Waals surface area contributed by atoms with E-state index < -0.39 is 5.91 Å². The van der Waals surface area contributed by atoms with Crippen molar-refractivity contribution in [3.8, 4) is 0 Å². The minimum atomic E-state index is -0.432. The van der Waals surface area contributed by atoms with E-state index >= 15 is 0 Å². The summed E-state index contributed by atoms with van der Waals surface area (Å²) in [6.45, 7) is 4.73. The summed E-state index contributed by atoms with van der Waals surface area (Å²) in [6.07, 6.45) is 1.71. The molecule has 0 aliphatic heterocycles. The van der Waals surface area contributed by atoms with Crippen LogP contribution in [0.15, 0.2) is 24.4 Å². The second-order valence-corrected chi connectivity index (χ2v) is 4.55. The zero-order valence-electron chi connectivity index (χ0n) is 11.1. The SMILES string of the molecule is Cc1ccc(NCc2cn(CC(N)=O)nn2)c(C)c1. The molecular weight excluding hydrogens is 242 g/mol. The Morgan fingerprint density at radius 3 is 2.89 bits per heavy atom. The highest BCUT2D eigenvalue weighted by Crippen LogP contribution is 2.16. The van der Waals surface area contributed by atoms with E-state index in [0.717, 1.165) is 11.4 Å². The van der Waals surface area contributed by atoms with Crippen LogP contribution in [-0.4, -0.2) is 20.9 Å². The summed E-state index contributed by atoms with van der Waals surface area (Å²) in [5.74, 6) is -0.432. The number of nitrogens with zero attached hydrogens (tertiary/aromatic N) is 3. The van der Waals surface area contributed by atoms with E-state index in [2.05, 4.69) is 41.6 Å². The van der Waals surface area contributed by atoms with Crippen LogP contribution in [0.2, 0.25) is 0 Å². The van der Waals surface area contributed by atoms with Crippen molar-refractivity contribution in [2.45, 2.75) is 26.9 Å². The van der Waals surface area contributed by atoms with E-state index in [-0.39, 0.29) is 6.54 Å². The molecular formula is C13H17N5O. The fourth-order valence-electron chi connectivity index (χ4n) is 1.85. The first-order chi connectivity index (χ1) is 9.04. The number of hydrogen-bond donors (Lipinski definition) is 2. The summed E-state index contributed by atoms with van der Waals surface area (Å²) >= 11 is 0. The lowest BCUT2D eigenvalue weighted by Gasteiger charge is -2.08. The monoisotopic (exact) mass is 259 g/mol. The normalized spacial score (nSPS) is 10.4. The molecule has 1 aromatic carbocycles. The highest BCUT2D eigenvalue weighted by molar-refractivity contribution is 5.73.